The minimum atomic E-state index is -2.97. The number of Topliss-reactive ketones (excluding diaryl/α,β-unsaturated/α-hetero) is 1. The van der Waals surface area contributed by atoms with Gasteiger partial charge in [0.15, 0.2) is 20.8 Å². The van der Waals surface area contributed by atoms with Crippen molar-refractivity contribution in [1.29, 1.82) is 0 Å². The summed E-state index contributed by atoms with van der Waals surface area (Å²) in [6.45, 7) is 6.88. The number of nitrogens with zero attached hydrogens (tertiary/aromatic N) is 4. The maximum atomic E-state index is 12.6. The Morgan fingerprint density at radius 3 is 2.65 bits per heavy atom. The highest BCUT2D eigenvalue weighted by molar-refractivity contribution is 7.99. The van der Waals surface area contributed by atoms with Crippen LogP contribution in [0.15, 0.2) is 11.2 Å². The molecule has 1 fully saturated rings. The second-order valence-electron chi connectivity index (χ2n) is 6.74. The largest absolute Gasteiger partial charge is 0.349 e. The van der Waals surface area contributed by atoms with Gasteiger partial charge in [-0.15, -0.1) is 10.2 Å². The van der Waals surface area contributed by atoms with Crippen LogP contribution in [-0.4, -0.2) is 50.8 Å². The third-order valence-corrected chi connectivity index (χ3v) is 7.78. The van der Waals surface area contributed by atoms with Crippen molar-refractivity contribution < 1.29 is 13.2 Å². The van der Waals surface area contributed by atoms with Gasteiger partial charge >= 0.3 is 0 Å². The lowest BCUT2D eigenvalue weighted by molar-refractivity contribution is 0.102. The monoisotopic (exact) mass is 396 g/mol. The van der Waals surface area contributed by atoms with E-state index in [4.69, 9.17) is 0 Å². The number of thioether (sulfide) groups is 1. The molecular formula is C17H24N4O3S2. The highest BCUT2D eigenvalue weighted by atomic mass is 32.2. The van der Waals surface area contributed by atoms with Crippen LogP contribution < -0.4 is 0 Å². The third kappa shape index (κ3) is 3.59. The lowest BCUT2D eigenvalue weighted by atomic mass is 10.1. The zero-order valence-corrected chi connectivity index (χ0v) is 17.2. The SMILES string of the molecule is CCn1c(C)cc(C(=O)CSc2nnc(C3CCS(=O)(=O)C3)n2C)c1C. The molecule has 9 heteroatoms. The molecule has 7 nitrogen and oxygen atoms in total. The molecule has 1 unspecified atom stereocenters. The van der Waals surface area contributed by atoms with Crippen LogP contribution in [0.1, 0.15) is 46.8 Å². The molecule has 1 aliphatic heterocycles. The smallest absolute Gasteiger partial charge is 0.191 e. The number of carbonyl (C=O) groups is 1. The number of ketones is 1. The molecule has 0 saturated carbocycles. The first-order valence-corrected chi connectivity index (χ1v) is 11.5. The molecule has 3 heterocycles. The third-order valence-electron chi connectivity index (χ3n) is 4.99. The molecular weight excluding hydrogens is 372 g/mol. The van der Waals surface area contributed by atoms with Gasteiger partial charge in [-0.05, 0) is 33.3 Å². The van der Waals surface area contributed by atoms with E-state index in [1.165, 1.54) is 11.8 Å². The van der Waals surface area contributed by atoms with Gasteiger partial charge in [-0.3, -0.25) is 4.79 Å². The molecule has 3 rings (SSSR count). The molecule has 1 atom stereocenters. The van der Waals surface area contributed by atoms with Gasteiger partial charge in [0.1, 0.15) is 5.82 Å². The molecule has 1 aliphatic rings. The van der Waals surface area contributed by atoms with Gasteiger partial charge in [0.25, 0.3) is 0 Å². The molecule has 0 aliphatic carbocycles. The van der Waals surface area contributed by atoms with Crippen molar-refractivity contribution in [3.05, 3.63) is 28.8 Å². The zero-order chi connectivity index (χ0) is 19.1. The van der Waals surface area contributed by atoms with Crippen molar-refractivity contribution >= 4 is 27.4 Å². The number of rotatable bonds is 6. The topological polar surface area (TPSA) is 86.8 Å². The fourth-order valence-corrected chi connectivity index (χ4v) is 6.12. The predicted octanol–water partition coefficient (Wildman–Crippen LogP) is 2.13. The minimum Gasteiger partial charge on any atom is -0.349 e. The molecule has 0 aromatic carbocycles. The van der Waals surface area contributed by atoms with Crippen molar-refractivity contribution in [2.45, 2.75) is 44.8 Å². The number of sulfone groups is 1. The molecule has 26 heavy (non-hydrogen) atoms. The van der Waals surface area contributed by atoms with E-state index < -0.39 is 9.84 Å². The maximum absolute atomic E-state index is 12.6. The van der Waals surface area contributed by atoms with Crippen molar-refractivity contribution in [2.75, 3.05) is 17.3 Å². The Morgan fingerprint density at radius 2 is 2.08 bits per heavy atom. The second kappa shape index (κ2) is 7.19. The summed E-state index contributed by atoms with van der Waals surface area (Å²) in [5.41, 5.74) is 2.83. The van der Waals surface area contributed by atoms with E-state index in [2.05, 4.69) is 21.7 Å². The lowest BCUT2D eigenvalue weighted by Crippen LogP contribution is -2.10. The molecule has 0 amide bonds. The van der Waals surface area contributed by atoms with Gasteiger partial charge in [-0.25, -0.2) is 8.42 Å². The van der Waals surface area contributed by atoms with Crippen LogP contribution in [0, 0.1) is 13.8 Å². The molecule has 1 saturated heterocycles. The van der Waals surface area contributed by atoms with E-state index in [0.29, 0.717) is 17.4 Å². The number of hydrogen-bond acceptors (Lipinski definition) is 6. The van der Waals surface area contributed by atoms with Crippen LogP contribution in [0.3, 0.4) is 0 Å². The zero-order valence-electron chi connectivity index (χ0n) is 15.5. The van der Waals surface area contributed by atoms with E-state index in [0.717, 1.165) is 23.5 Å². The summed E-state index contributed by atoms with van der Waals surface area (Å²) in [4.78, 5) is 12.6. The van der Waals surface area contributed by atoms with E-state index >= 15 is 0 Å². The maximum Gasteiger partial charge on any atom is 0.191 e. The number of carbonyl (C=O) groups excluding carboxylic acids is 1. The van der Waals surface area contributed by atoms with E-state index in [1.807, 2.05) is 31.5 Å². The molecule has 142 valence electrons. The van der Waals surface area contributed by atoms with Gasteiger partial charge < -0.3 is 9.13 Å². The van der Waals surface area contributed by atoms with Crippen LogP contribution in [0.25, 0.3) is 0 Å². The van der Waals surface area contributed by atoms with Crippen LogP contribution in [0.5, 0.6) is 0 Å². The van der Waals surface area contributed by atoms with Gasteiger partial charge in [-0.2, -0.15) is 0 Å². The standard InChI is InChI=1S/C17H24N4O3S2/c1-5-21-11(2)8-14(12(21)3)15(22)9-25-17-19-18-16(20(17)4)13-6-7-26(23,24)10-13/h8,13H,5-7,9-10H2,1-4H3. The van der Waals surface area contributed by atoms with Gasteiger partial charge in [0.05, 0.1) is 17.3 Å². The van der Waals surface area contributed by atoms with Crippen LogP contribution in [0.2, 0.25) is 0 Å². The van der Waals surface area contributed by atoms with E-state index in [9.17, 15) is 13.2 Å². The molecule has 0 bridgehead atoms. The number of aryl methyl sites for hydroxylation is 1. The quantitative estimate of drug-likeness (QED) is 0.549. The summed E-state index contributed by atoms with van der Waals surface area (Å²) in [5.74, 6) is 1.26. The van der Waals surface area contributed by atoms with Crippen LogP contribution >= 0.6 is 11.8 Å². The van der Waals surface area contributed by atoms with Gasteiger partial charge in [-0.1, -0.05) is 11.8 Å². The van der Waals surface area contributed by atoms with Crippen molar-refractivity contribution in [1.82, 2.24) is 19.3 Å². The van der Waals surface area contributed by atoms with Crippen molar-refractivity contribution in [2.24, 2.45) is 7.05 Å². The van der Waals surface area contributed by atoms with Crippen molar-refractivity contribution in [3.63, 3.8) is 0 Å². The average molecular weight is 397 g/mol. The Kier molecular flexibility index (Phi) is 5.30. The minimum absolute atomic E-state index is 0.0656. The first kappa shape index (κ1) is 19.2. The van der Waals surface area contributed by atoms with Crippen LogP contribution in [0.4, 0.5) is 0 Å². The van der Waals surface area contributed by atoms with Crippen LogP contribution in [-0.2, 0) is 23.4 Å². The Hall–Kier alpha value is -1.61. The molecule has 2 aromatic rings. The fourth-order valence-electron chi connectivity index (χ4n) is 3.58. The summed E-state index contributed by atoms with van der Waals surface area (Å²) in [5, 5.41) is 8.97. The lowest BCUT2D eigenvalue weighted by Gasteiger charge is -2.08. The summed E-state index contributed by atoms with van der Waals surface area (Å²) in [6, 6.07) is 1.94. The van der Waals surface area contributed by atoms with Crippen molar-refractivity contribution in [3.8, 4) is 0 Å². The number of hydrogen-bond donors (Lipinski definition) is 0. The fraction of sp³-hybridized carbons (Fsp3) is 0.588. The number of aromatic nitrogens is 4. The Balaban J connectivity index is 1.70. The molecule has 2 aromatic heterocycles. The predicted molar refractivity (Wildman–Crippen MR) is 102 cm³/mol. The Morgan fingerprint density at radius 1 is 1.35 bits per heavy atom. The highest BCUT2D eigenvalue weighted by Gasteiger charge is 2.32. The average Bonchev–Trinajstić information content (AvgIpc) is 3.21. The van der Waals surface area contributed by atoms with E-state index in [-0.39, 0.29) is 29.0 Å². The highest BCUT2D eigenvalue weighted by Crippen LogP contribution is 2.29. The normalized spacial score (nSPS) is 19.2. The second-order valence-corrected chi connectivity index (χ2v) is 9.91. The first-order valence-electron chi connectivity index (χ1n) is 8.66. The van der Waals surface area contributed by atoms with Gasteiger partial charge in [0, 0.05) is 36.5 Å². The summed E-state index contributed by atoms with van der Waals surface area (Å²) in [6.07, 6.45) is 0.584. The first-order chi connectivity index (χ1) is 12.2. The molecule has 0 spiro atoms. The molecule has 0 radical (unpaired) electrons. The molecule has 0 N–H and O–H groups in total. The summed E-state index contributed by atoms with van der Waals surface area (Å²) < 4.78 is 27.3. The summed E-state index contributed by atoms with van der Waals surface area (Å²) in [7, 11) is -1.14. The Bertz CT molecular complexity index is 944. The van der Waals surface area contributed by atoms with E-state index in [1.54, 1.807) is 0 Å². The Labute approximate surface area is 158 Å². The summed E-state index contributed by atoms with van der Waals surface area (Å²) >= 11 is 1.34. The van der Waals surface area contributed by atoms with Gasteiger partial charge in [0.2, 0.25) is 0 Å².